The van der Waals surface area contributed by atoms with Gasteiger partial charge in [0.05, 0.1) is 5.69 Å². The van der Waals surface area contributed by atoms with E-state index in [0.29, 0.717) is 12.0 Å². The summed E-state index contributed by atoms with van der Waals surface area (Å²) in [5.41, 5.74) is 0.928. The molecule has 1 fully saturated rings. The summed E-state index contributed by atoms with van der Waals surface area (Å²) in [6.45, 7) is 3.03. The zero-order valence-corrected chi connectivity index (χ0v) is 15.5. The number of rotatable bonds is 3. The zero-order valence-electron chi connectivity index (χ0n) is 15.5. The number of aliphatic imine (C=N–C) groups is 2. The predicted molar refractivity (Wildman–Crippen MR) is 103 cm³/mol. The van der Waals surface area contributed by atoms with Gasteiger partial charge in [0, 0.05) is 33.7 Å². The number of para-hydroxylation sites is 1. The Labute approximate surface area is 146 Å². The first-order chi connectivity index (χ1) is 11.6. The molecule has 0 bridgehead atoms. The van der Waals surface area contributed by atoms with Crippen LogP contribution in [0.3, 0.4) is 0 Å². The van der Waals surface area contributed by atoms with E-state index in [-0.39, 0.29) is 0 Å². The summed E-state index contributed by atoms with van der Waals surface area (Å²) >= 11 is 0. The van der Waals surface area contributed by atoms with Gasteiger partial charge in [-0.3, -0.25) is 0 Å². The second kappa shape index (κ2) is 9.30. The fourth-order valence-corrected chi connectivity index (χ4v) is 2.91. The lowest BCUT2D eigenvalue weighted by Crippen LogP contribution is -2.41. The molecule has 0 amide bonds. The second-order valence-corrected chi connectivity index (χ2v) is 6.57. The number of guanidine groups is 2. The van der Waals surface area contributed by atoms with Gasteiger partial charge in [-0.2, -0.15) is 4.99 Å². The fourth-order valence-electron chi connectivity index (χ4n) is 2.91. The number of benzene rings is 1. The van der Waals surface area contributed by atoms with Gasteiger partial charge in [-0.15, -0.1) is 0 Å². The van der Waals surface area contributed by atoms with Gasteiger partial charge in [-0.25, -0.2) is 4.99 Å². The van der Waals surface area contributed by atoms with E-state index >= 15 is 0 Å². The minimum Gasteiger partial charge on any atom is -0.351 e. The molecular weight excluding hydrogens is 298 g/mol. The van der Waals surface area contributed by atoms with Crippen LogP contribution in [0, 0.1) is 0 Å². The molecule has 1 aliphatic rings. The molecule has 0 spiro atoms. The summed E-state index contributed by atoms with van der Waals surface area (Å²) < 4.78 is 0. The SMILES string of the molecule is CCN(C)/C(=N\C(=N/c1ccccc1)NC1CCCCC1)N(C)C. The third-order valence-corrected chi connectivity index (χ3v) is 4.35. The van der Waals surface area contributed by atoms with Crippen molar-refractivity contribution in [3.63, 3.8) is 0 Å². The normalized spacial score (nSPS) is 16.8. The quantitative estimate of drug-likeness (QED) is 0.682. The topological polar surface area (TPSA) is 43.2 Å². The van der Waals surface area contributed by atoms with E-state index in [4.69, 9.17) is 9.98 Å². The molecule has 0 atom stereocenters. The lowest BCUT2D eigenvalue weighted by Gasteiger charge is -2.27. The highest BCUT2D eigenvalue weighted by atomic mass is 15.4. The standard InChI is InChI=1S/C19H31N5/c1-5-24(4)19(23(2)3)22-18(20-16-12-8-6-9-13-16)21-17-14-10-7-11-15-17/h6,8-9,12-13,17H,5,7,10-11,14-15H2,1-4H3,(H,20,21)/b22-19-. The zero-order chi connectivity index (χ0) is 17.4. The molecule has 2 rings (SSSR count). The third kappa shape index (κ3) is 5.55. The van der Waals surface area contributed by atoms with Crippen molar-refractivity contribution in [3.05, 3.63) is 30.3 Å². The van der Waals surface area contributed by atoms with Crippen LogP contribution in [0.15, 0.2) is 40.3 Å². The van der Waals surface area contributed by atoms with Gasteiger partial charge in [-0.1, -0.05) is 37.5 Å². The molecule has 1 saturated carbocycles. The van der Waals surface area contributed by atoms with Crippen LogP contribution in [0.5, 0.6) is 0 Å². The van der Waals surface area contributed by atoms with Crippen molar-refractivity contribution in [2.45, 2.75) is 45.1 Å². The van der Waals surface area contributed by atoms with Gasteiger partial charge in [0.25, 0.3) is 0 Å². The molecule has 0 heterocycles. The van der Waals surface area contributed by atoms with E-state index in [9.17, 15) is 0 Å². The van der Waals surface area contributed by atoms with Crippen LogP contribution < -0.4 is 5.32 Å². The Balaban J connectivity index is 2.28. The Morgan fingerprint density at radius 2 is 1.75 bits per heavy atom. The number of hydrogen-bond acceptors (Lipinski definition) is 1. The molecule has 5 nitrogen and oxygen atoms in total. The molecule has 132 valence electrons. The van der Waals surface area contributed by atoms with Crippen LogP contribution in [0.4, 0.5) is 5.69 Å². The lowest BCUT2D eigenvalue weighted by molar-refractivity contribution is 0.411. The van der Waals surface area contributed by atoms with Crippen molar-refractivity contribution in [1.82, 2.24) is 15.1 Å². The van der Waals surface area contributed by atoms with Crippen LogP contribution in [0.1, 0.15) is 39.0 Å². The Bertz CT molecular complexity index is 544. The van der Waals surface area contributed by atoms with Crippen LogP contribution >= 0.6 is 0 Å². The van der Waals surface area contributed by atoms with E-state index in [0.717, 1.165) is 18.2 Å². The first kappa shape index (κ1) is 18.3. The number of hydrogen-bond donors (Lipinski definition) is 1. The highest BCUT2D eigenvalue weighted by Gasteiger charge is 2.16. The third-order valence-electron chi connectivity index (χ3n) is 4.35. The van der Waals surface area contributed by atoms with Crippen molar-refractivity contribution < 1.29 is 0 Å². The summed E-state index contributed by atoms with van der Waals surface area (Å²) in [6.07, 6.45) is 6.31. The molecule has 0 unspecified atom stereocenters. The van der Waals surface area contributed by atoms with Gasteiger partial charge in [-0.05, 0) is 31.9 Å². The second-order valence-electron chi connectivity index (χ2n) is 6.57. The van der Waals surface area contributed by atoms with Crippen LogP contribution in [0.2, 0.25) is 0 Å². The highest BCUT2D eigenvalue weighted by Crippen LogP contribution is 2.18. The molecule has 0 radical (unpaired) electrons. The highest BCUT2D eigenvalue weighted by molar-refractivity contribution is 5.95. The maximum Gasteiger partial charge on any atom is 0.226 e. The number of nitrogens with one attached hydrogen (secondary N) is 1. The van der Waals surface area contributed by atoms with Crippen LogP contribution in [0.25, 0.3) is 0 Å². The van der Waals surface area contributed by atoms with Crippen molar-refractivity contribution >= 4 is 17.6 Å². The van der Waals surface area contributed by atoms with Crippen LogP contribution in [-0.2, 0) is 0 Å². The van der Waals surface area contributed by atoms with E-state index in [1.807, 2.05) is 49.3 Å². The molecule has 1 N–H and O–H groups in total. The van der Waals surface area contributed by atoms with Crippen molar-refractivity contribution in [1.29, 1.82) is 0 Å². The minimum absolute atomic E-state index is 0.473. The summed E-state index contributed by atoms with van der Waals surface area (Å²) in [4.78, 5) is 13.8. The summed E-state index contributed by atoms with van der Waals surface area (Å²) in [7, 11) is 6.09. The molecule has 1 aromatic rings. The molecular formula is C19H31N5. The fraction of sp³-hybridized carbons (Fsp3) is 0.579. The summed E-state index contributed by atoms with van der Waals surface area (Å²) in [5, 5.41) is 3.58. The predicted octanol–water partition coefficient (Wildman–Crippen LogP) is 3.47. The van der Waals surface area contributed by atoms with E-state index in [1.165, 1.54) is 32.1 Å². The van der Waals surface area contributed by atoms with Crippen molar-refractivity contribution in [2.75, 3.05) is 27.7 Å². The first-order valence-electron chi connectivity index (χ1n) is 8.97. The average Bonchev–Trinajstić information content (AvgIpc) is 2.60. The molecule has 5 heteroatoms. The Kier molecular flexibility index (Phi) is 7.09. The van der Waals surface area contributed by atoms with Crippen molar-refractivity contribution in [3.8, 4) is 0 Å². The van der Waals surface area contributed by atoms with Gasteiger partial charge < -0.3 is 15.1 Å². The molecule has 0 aromatic heterocycles. The molecule has 1 aromatic carbocycles. The summed E-state index contributed by atoms with van der Waals surface area (Å²) in [6, 6.07) is 10.5. The molecule has 0 aliphatic heterocycles. The molecule has 24 heavy (non-hydrogen) atoms. The van der Waals surface area contributed by atoms with Gasteiger partial charge in [0.15, 0.2) is 0 Å². The Hall–Kier alpha value is -2.04. The maximum absolute atomic E-state index is 4.84. The van der Waals surface area contributed by atoms with Gasteiger partial charge in [0.2, 0.25) is 11.9 Å². The number of nitrogens with zero attached hydrogens (tertiary/aromatic N) is 4. The van der Waals surface area contributed by atoms with E-state index in [1.54, 1.807) is 0 Å². The Morgan fingerprint density at radius 1 is 1.08 bits per heavy atom. The van der Waals surface area contributed by atoms with E-state index < -0.39 is 0 Å². The Morgan fingerprint density at radius 3 is 2.33 bits per heavy atom. The molecule has 1 aliphatic carbocycles. The van der Waals surface area contributed by atoms with E-state index in [2.05, 4.69) is 24.2 Å². The first-order valence-corrected chi connectivity index (χ1v) is 8.97. The smallest absolute Gasteiger partial charge is 0.226 e. The maximum atomic E-state index is 4.84. The van der Waals surface area contributed by atoms with Crippen LogP contribution in [-0.4, -0.2) is 55.4 Å². The minimum atomic E-state index is 0.473. The van der Waals surface area contributed by atoms with Gasteiger partial charge in [0.1, 0.15) is 0 Å². The summed E-state index contributed by atoms with van der Waals surface area (Å²) in [5.74, 6) is 1.62. The monoisotopic (exact) mass is 329 g/mol. The van der Waals surface area contributed by atoms with Crippen molar-refractivity contribution in [2.24, 2.45) is 9.98 Å². The molecule has 0 saturated heterocycles. The largest absolute Gasteiger partial charge is 0.351 e. The van der Waals surface area contributed by atoms with Gasteiger partial charge >= 0.3 is 0 Å². The lowest BCUT2D eigenvalue weighted by atomic mass is 9.96. The average molecular weight is 329 g/mol.